The quantitative estimate of drug-likeness (QED) is 0.883. The van der Waals surface area contributed by atoms with Crippen molar-refractivity contribution in [3.63, 3.8) is 0 Å². The highest BCUT2D eigenvalue weighted by molar-refractivity contribution is 5.79. The molecule has 4 nitrogen and oxygen atoms in total. The van der Waals surface area contributed by atoms with Gasteiger partial charge in [-0.2, -0.15) is 0 Å². The van der Waals surface area contributed by atoms with Crippen LogP contribution in [0.2, 0.25) is 0 Å². The molecule has 1 amide bonds. The number of hydrogen-bond donors (Lipinski definition) is 2. The molecule has 1 fully saturated rings. The SMILES string of the molecule is CN(C(=O)Cc1cccc(O)c1)C1CCCCC1CN. The van der Waals surface area contributed by atoms with Crippen LogP contribution in [0, 0.1) is 5.92 Å². The second-order valence-corrected chi connectivity index (χ2v) is 5.70. The number of hydrogen-bond acceptors (Lipinski definition) is 3. The minimum absolute atomic E-state index is 0.0981. The van der Waals surface area contributed by atoms with E-state index in [1.807, 2.05) is 18.0 Å². The molecule has 0 aromatic heterocycles. The molecule has 0 aliphatic heterocycles. The standard InChI is InChI=1S/C16H24N2O2/c1-18(15-8-3-2-6-13(15)11-17)16(20)10-12-5-4-7-14(19)9-12/h4-5,7,9,13,15,19H,2-3,6,8,10-11,17H2,1H3. The number of phenolic OH excluding ortho intramolecular Hbond substituents is 1. The molecule has 2 unspecified atom stereocenters. The number of nitrogens with zero attached hydrogens (tertiary/aromatic N) is 1. The Morgan fingerprint density at radius 1 is 1.40 bits per heavy atom. The lowest BCUT2D eigenvalue weighted by Gasteiger charge is -2.37. The Bertz CT molecular complexity index is 462. The van der Waals surface area contributed by atoms with Gasteiger partial charge < -0.3 is 15.7 Å². The van der Waals surface area contributed by atoms with Gasteiger partial charge in [-0.1, -0.05) is 25.0 Å². The van der Waals surface area contributed by atoms with Crippen molar-refractivity contribution in [2.75, 3.05) is 13.6 Å². The number of benzene rings is 1. The molecule has 1 aliphatic rings. The molecule has 3 N–H and O–H groups in total. The highest BCUT2D eigenvalue weighted by atomic mass is 16.3. The van der Waals surface area contributed by atoms with E-state index in [0.29, 0.717) is 18.9 Å². The van der Waals surface area contributed by atoms with E-state index in [1.54, 1.807) is 18.2 Å². The van der Waals surface area contributed by atoms with Gasteiger partial charge in [0.1, 0.15) is 5.75 Å². The predicted molar refractivity (Wildman–Crippen MR) is 79.4 cm³/mol. The van der Waals surface area contributed by atoms with E-state index in [4.69, 9.17) is 5.73 Å². The van der Waals surface area contributed by atoms with E-state index in [0.717, 1.165) is 18.4 Å². The van der Waals surface area contributed by atoms with Crippen molar-refractivity contribution in [3.05, 3.63) is 29.8 Å². The first-order valence-electron chi connectivity index (χ1n) is 7.35. The number of amides is 1. The molecule has 0 heterocycles. The van der Waals surface area contributed by atoms with Gasteiger partial charge in [0.15, 0.2) is 0 Å². The smallest absolute Gasteiger partial charge is 0.226 e. The number of nitrogens with two attached hydrogens (primary N) is 1. The van der Waals surface area contributed by atoms with E-state index in [1.165, 1.54) is 12.8 Å². The minimum Gasteiger partial charge on any atom is -0.508 e. The number of carbonyl (C=O) groups excluding carboxylic acids is 1. The lowest BCUT2D eigenvalue weighted by atomic mass is 9.83. The highest BCUT2D eigenvalue weighted by Gasteiger charge is 2.29. The summed E-state index contributed by atoms with van der Waals surface area (Å²) in [6.07, 6.45) is 4.88. The summed E-state index contributed by atoms with van der Waals surface area (Å²) in [6, 6.07) is 7.16. The number of likely N-dealkylation sites (N-methyl/N-ethyl adjacent to an activating group) is 1. The molecule has 20 heavy (non-hydrogen) atoms. The molecule has 1 aliphatic carbocycles. The molecular weight excluding hydrogens is 252 g/mol. The van der Waals surface area contributed by atoms with Crippen LogP contribution in [0.25, 0.3) is 0 Å². The first-order chi connectivity index (χ1) is 9.61. The zero-order valence-electron chi connectivity index (χ0n) is 12.1. The number of rotatable bonds is 4. The third-order valence-electron chi connectivity index (χ3n) is 4.33. The maximum atomic E-state index is 12.4. The van der Waals surface area contributed by atoms with Crippen molar-refractivity contribution < 1.29 is 9.90 Å². The van der Waals surface area contributed by atoms with Crippen LogP contribution < -0.4 is 5.73 Å². The fourth-order valence-corrected chi connectivity index (χ4v) is 3.12. The van der Waals surface area contributed by atoms with Gasteiger partial charge in [-0.3, -0.25) is 4.79 Å². The Morgan fingerprint density at radius 3 is 2.85 bits per heavy atom. The van der Waals surface area contributed by atoms with Crippen molar-refractivity contribution in [1.29, 1.82) is 0 Å². The van der Waals surface area contributed by atoms with Crippen LogP contribution in [0.1, 0.15) is 31.2 Å². The number of carbonyl (C=O) groups is 1. The van der Waals surface area contributed by atoms with Crippen LogP contribution in [0.5, 0.6) is 5.75 Å². The number of phenols is 1. The molecule has 0 bridgehead atoms. The average Bonchev–Trinajstić information content (AvgIpc) is 2.46. The maximum Gasteiger partial charge on any atom is 0.226 e. The first-order valence-corrected chi connectivity index (χ1v) is 7.35. The van der Waals surface area contributed by atoms with Crippen LogP contribution in [0.4, 0.5) is 0 Å². The predicted octanol–water partition coefficient (Wildman–Crippen LogP) is 1.91. The molecule has 0 radical (unpaired) electrons. The van der Waals surface area contributed by atoms with Gasteiger partial charge in [-0.05, 0) is 43.0 Å². The van der Waals surface area contributed by atoms with Gasteiger partial charge in [0, 0.05) is 13.1 Å². The van der Waals surface area contributed by atoms with E-state index in [2.05, 4.69) is 0 Å². The summed E-state index contributed by atoms with van der Waals surface area (Å²) >= 11 is 0. The summed E-state index contributed by atoms with van der Waals surface area (Å²) in [5, 5.41) is 9.45. The molecule has 1 aromatic rings. The summed E-state index contributed by atoms with van der Waals surface area (Å²) < 4.78 is 0. The van der Waals surface area contributed by atoms with E-state index in [9.17, 15) is 9.90 Å². The van der Waals surface area contributed by atoms with E-state index in [-0.39, 0.29) is 17.7 Å². The Hall–Kier alpha value is -1.55. The van der Waals surface area contributed by atoms with Crippen LogP contribution in [0.15, 0.2) is 24.3 Å². The van der Waals surface area contributed by atoms with Crippen LogP contribution in [0.3, 0.4) is 0 Å². The van der Waals surface area contributed by atoms with Gasteiger partial charge >= 0.3 is 0 Å². The van der Waals surface area contributed by atoms with Crippen LogP contribution in [-0.2, 0) is 11.2 Å². The molecule has 1 aromatic carbocycles. The van der Waals surface area contributed by atoms with Crippen molar-refractivity contribution in [3.8, 4) is 5.75 Å². The summed E-state index contributed by atoms with van der Waals surface area (Å²) in [6.45, 7) is 0.647. The second kappa shape index (κ2) is 6.75. The van der Waals surface area contributed by atoms with Gasteiger partial charge in [-0.25, -0.2) is 0 Å². The Morgan fingerprint density at radius 2 is 2.15 bits per heavy atom. The third kappa shape index (κ3) is 3.51. The first kappa shape index (κ1) is 14.9. The van der Waals surface area contributed by atoms with Crippen molar-refractivity contribution in [1.82, 2.24) is 4.90 Å². The zero-order chi connectivity index (χ0) is 14.5. The van der Waals surface area contributed by atoms with Gasteiger partial charge in [0.05, 0.1) is 6.42 Å². The average molecular weight is 276 g/mol. The molecule has 2 rings (SSSR count). The largest absolute Gasteiger partial charge is 0.508 e. The van der Waals surface area contributed by atoms with E-state index >= 15 is 0 Å². The Kier molecular flexibility index (Phi) is 5.01. The minimum atomic E-state index is 0.0981. The monoisotopic (exact) mass is 276 g/mol. The Balaban J connectivity index is 2.00. The summed E-state index contributed by atoms with van der Waals surface area (Å²) in [5.41, 5.74) is 6.68. The van der Waals surface area contributed by atoms with Gasteiger partial charge in [-0.15, -0.1) is 0 Å². The summed E-state index contributed by atoms with van der Waals surface area (Å²) in [5.74, 6) is 0.721. The molecular formula is C16H24N2O2. The fraction of sp³-hybridized carbons (Fsp3) is 0.562. The fourth-order valence-electron chi connectivity index (χ4n) is 3.12. The lowest BCUT2D eigenvalue weighted by molar-refractivity contribution is -0.132. The van der Waals surface area contributed by atoms with E-state index < -0.39 is 0 Å². The number of aromatic hydroxyl groups is 1. The third-order valence-corrected chi connectivity index (χ3v) is 4.33. The second-order valence-electron chi connectivity index (χ2n) is 5.70. The maximum absolute atomic E-state index is 12.4. The topological polar surface area (TPSA) is 66.6 Å². The summed E-state index contributed by atoms with van der Waals surface area (Å²) in [4.78, 5) is 14.2. The van der Waals surface area contributed by atoms with Crippen LogP contribution >= 0.6 is 0 Å². The zero-order valence-corrected chi connectivity index (χ0v) is 12.1. The van der Waals surface area contributed by atoms with Crippen LogP contribution in [-0.4, -0.2) is 35.5 Å². The molecule has 2 atom stereocenters. The molecule has 0 saturated heterocycles. The normalized spacial score (nSPS) is 22.5. The lowest BCUT2D eigenvalue weighted by Crippen LogP contribution is -2.46. The van der Waals surface area contributed by atoms with Gasteiger partial charge in [0.25, 0.3) is 0 Å². The van der Waals surface area contributed by atoms with Crippen molar-refractivity contribution in [2.24, 2.45) is 11.7 Å². The van der Waals surface area contributed by atoms with Gasteiger partial charge in [0.2, 0.25) is 5.91 Å². The van der Waals surface area contributed by atoms with Crippen molar-refractivity contribution in [2.45, 2.75) is 38.1 Å². The Labute approximate surface area is 120 Å². The summed E-state index contributed by atoms with van der Waals surface area (Å²) in [7, 11) is 1.88. The highest BCUT2D eigenvalue weighted by Crippen LogP contribution is 2.27. The molecule has 1 saturated carbocycles. The molecule has 0 spiro atoms. The van der Waals surface area contributed by atoms with Crippen molar-refractivity contribution >= 4 is 5.91 Å². The molecule has 4 heteroatoms. The molecule has 110 valence electrons.